The van der Waals surface area contributed by atoms with Gasteiger partial charge in [-0.05, 0) is 25.4 Å². The smallest absolute Gasteiger partial charge is 0.225 e. The van der Waals surface area contributed by atoms with E-state index < -0.39 is 0 Å². The van der Waals surface area contributed by atoms with E-state index in [-0.39, 0.29) is 5.92 Å². The molecule has 0 radical (unpaired) electrons. The predicted molar refractivity (Wildman–Crippen MR) is 81.0 cm³/mol. The number of rotatable bonds is 3. The van der Waals surface area contributed by atoms with Gasteiger partial charge in [-0.3, -0.25) is 4.79 Å². The van der Waals surface area contributed by atoms with E-state index in [4.69, 9.17) is 0 Å². The molecule has 1 amide bonds. The highest BCUT2D eigenvalue weighted by atomic mass is 32.1. The van der Waals surface area contributed by atoms with Gasteiger partial charge >= 0.3 is 0 Å². The van der Waals surface area contributed by atoms with E-state index >= 15 is 0 Å². The van der Waals surface area contributed by atoms with E-state index in [9.17, 15) is 4.79 Å². The van der Waals surface area contributed by atoms with Gasteiger partial charge in [0.25, 0.3) is 0 Å². The Morgan fingerprint density at radius 1 is 1.40 bits per heavy atom. The summed E-state index contributed by atoms with van der Waals surface area (Å²) in [5.41, 5.74) is 0. The fourth-order valence-electron chi connectivity index (χ4n) is 2.86. The standard InChI is InChI=1S/C14H22N4OS/c1-11(12-9-15-10-12)13(19)17-4-2-5-18(7-6-17)14-16-3-8-20-14/h3,8,11-12,15H,2,4-7,9-10H2,1H3. The van der Waals surface area contributed by atoms with Crippen LogP contribution in [-0.2, 0) is 4.79 Å². The van der Waals surface area contributed by atoms with E-state index in [0.717, 1.165) is 50.8 Å². The van der Waals surface area contributed by atoms with Gasteiger partial charge in [-0.15, -0.1) is 11.3 Å². The second-order valence-electron chi connectivity index (χ2n) is 5.69. The topological polar surface area (TPSA) is 48.5 Å². The number of nitrogens with one attached hydrogen (secondary N) is 1. The number of hydrogen-bond acceptors (Lipinski definition) is 5. The van der Waals surface area contributed by atoms with Crippen LogP contribution in [0, 0.1) is 11.8 Å². The monoisotopic (exact) mass is 294 g/mol. The lowest BCUT2D eigenvalue weighted by Crippen LogP contribution is -2.50. The van der Waals surface area contributed by atoms with Crippen molar-refractivity contribution in [2.45, 2.75) is 13.3 Å². The van der Waals surface area contributed by atoms with Crippen molar-refractivity contribution in [3.63, 3.8) is 0 Å². The molecule has 1 aromatic heterocycles. The van der Waals surface area contributed by atoms with Gasteiger partial charge in [0, 0.05) is 43.7 Å². The molecule has 110 valence electrons. The Kier molecular flexibility index (Phi) is 4.21. The highest BCUT2D eigenvalue weighted by Gasteiger charge is 2.32. The van der Waals surface area contributed by atoms with E-state index in [2.05, 4.69) is 27.0 Å². The summed E-state index contributed by atoms with van der Waals surface area (Å²) in [5.74, 6) is 1.01. The average Bonchev–Trinajstić information content (AvgIpc) is 2.81. The maximum absolute atomic E-state index is 12.5. The van der Waals surface area contributed by atoms with Gasteiger partial charge in [0.05, 0.1) is 0 Å². The van der Waals surface area contributed by atoms with Gasteiger partial charge < -0.3 is 15.1 Å². The molecule has 2 aliphatic rings. The maximum Gasteiger partial charge on any atom is 0.225 e. The molecular weight excluding hydrogens is 272 g/mol. The molecule has 1 N–H and O–H groups in total. The third-order valence-electron chi connectivity index (χ3n) is 4.41. The van der Waals surface area contributed by atoms with E-state index in [1.54, 1.807) is 11.3 Å². The summed E-state index contributed by atoms with van der Waals surface area (Å²) in [5, 5.41) is 6.34. The Morgan fingerprint density at radius 3 is 2.90 bits per heavy atom. The largest absolute Gasteiger partial charge is 0.346 e. The van der Waals surface area contributed by atoms with Crippen molar-refractivity contribution in [1.29, 1.82) is 0 Å². The molecule has 0 saturated carbocycles. The van der Waals surface area contributed by atoms with Crippen LogP contribution in [0.1, 0.15) is 13.3 Å². The molecule has 2 fully saturated rings. The van der Waals surface area contributed by atoms with Crippen LogP contribution in [0.4, 0.5) is 5.13 Å². The average molecular weight is 294 g/mol. The van der Waals surface area contributed by atoms with E-state index in [1.807, 2.05) is 11.6 Å². The first-order valence-corrected chi connectivity index (χ1v) is 8.27. The molecule has 2 saturated heterocycles. The summed E-state index contributed by atoms with van der Waals surface area (Å²) in [6, 6.07) is 0. The number of anilines is 1. The van der Waals surface area contributed by atoms with Crippen LogP contribution in [0.3, 0.4) is 0 Å². The first-order valence-electron chi connectivity index (χ1n) is 7.39. The normalized spacial score (nSPS) is 22.2. The van der Waals surface area contributed by atoms with Gasteiger partial charge in [-0.2, -0.15) is 0 Å². The second kappa shape index (κ2) is 6.10. The van der Waals surface area contributed by atoms with Crippen LogP contribution in [-0.4, -0.2) is 55.1 Å². The van der Waals surface area contributed by atoms with Gasteiger partial charge in [0.2, 0.25) is 5.91 Å². The highest BCUT2D eigenvalue weighted by Crippen LogP contribution is 2.22. The number of amides is 1. The minimum Gasteiger partial charge on any atom is -0.346 e. The van der Waals surface area contributed by atoms with Crippen LogP contribution in [0.2, 0.25) is 0 Å². The predicted octanol–water partition coefficient (Wildman–Crippen LogP) is 1.04. The minimum absolute atomic E-state index is 0.155. The van der Waals surface area contributed by atoms with Gasteiger partial charge in [0.1, 0.15) is 0 Å². The molecule has 0 bridgehead atoms. The molecule has 2 aliphatic heterocycles. The summed E-state index contributed by atoms with van der Waals surface area (Å²) < 4.78 is 0. The zero-order chi connectivity index (χ0) is 13.9. The number of thiazole rings is 1. The van der Waals surface area contributed by atoms with Crippen molar-refractivity contribution in [3.05, 3.63) is 11.6 Å². The Labute approximate surface area is 124 Å². The molecule has 0 aromatic carbocycles. The summed E-state index contributed by atoms with van der Waals surface area (Å²) in [7, 11) is 0. The van der Waals surface area contributed by atoms with Crippen LogP contribution in [0.15, 0.2) is 11.6 Å². The van der Waals surface area contributed by atoms with Crippen molar-refractivity contribution < 1.29 is 4.79 Å². The first-order chi connectivity index (χ1) is 9.75. The van der Waals surface area contributed by atoms with Crippen molar-refractivity contribution in [2.24, 2.45) is 11.8 Å². The Hall–Kier alpha value is -1.14. The van der Waals surface area contributed by atoms with Crippen molar-refractivity contribution in [3.8, 4) is 0 Å². The van der Waals surface area contributed by atoms with Crippen LogP contribution in [0.25, 0.3) is 0 Å². The van der Waals surface area contributed by atoms with Crippen molar-refractivity contribution >= 4 is 22.4 Å². The van der Waals surface area contributed by atoms with Crippen LogP contribution < -0.4 is 10.2 Å². The SMILES string of the molecule is CC(C(=O)N1CCCN(c2nccs2)CC1)C1CNC1. The molecule has 20 heavy (non-hydrogen) atoms. The third kappa shape index (κ3) is 2.81. The highest BCUT2D eigenvalue weighted by molar-refractivity contribution is 7.13. The molecule has 1 aromatic rings. The zero-order valence-corrected chi connectivity index (χ0v) is 12.7. The lowest BCUT2D eigenvalue weighted by Gasteiger charge is -2.34. The Balaban J connectivity index is 1.57. The third-order valence-corrected chi connectivity index (χ3v) is 5.24. The molecule has 1 atom stereocenters. The van der Waals surface area contributed by atoms with Crippen LogP contribution >= 0.6 is 11.3 Å². The van der Waals surface area contributed by atoms with Crippen molar-refractivity contribution in [2.75, 3.05) is 44.2 Å². The number of carbonyl (C=O) groups is 1. The summed E-state index contributed by atoms with van der Waals surface area (Å²) in [4.78, 5) is 21.3. The molecule has 3 rings (SSSR count). The number of aromatic nitrogens is 1. The quantitative estimate of drug-likeness (QED) is 0.905. The fraction of sp³-hybridized carbons (Fsp3) is 0.714. The minimum atomic E-state index is 0.155. The van der Waals surface area contributed by atoms with E-state index in [0.29, 0.717) is 11.8 Å². The zero-order valence-electron chi connectivity index (χ0n) is 11.9. The molecule has 0 spiro atoms. The summed E-state index contributed by atoms with van der Waals surface area (Å²) in [6.45, 7) is 7.66. The first kappa shape index (κ1) is 13.8. The molecule has 1 unspecified atom stereocenters. The maximum atomic E-state index is 12.5. The van der Waals surface area contributed by atoms with Crippen molar-refractivity contribution in [1.82, 2.24) is 15.2 Å². The van der Waals surface area contributed by atoms with E-state index in [1.165, 1.54) is 0 Å². The molecule has 0 aliphatic carbocycles. The Bertz CT molecular complexity index is 446. The van der Waals surface area contributed by atoms with Crippen LogP contribution in [0.5, 0.6) is 0 Å². The lowest BCUT2D eigenvalue weighted by atomic mass is 9.88. The molecule has 5 nitrogen and oxygen atoms in total. The lowest BCUT2D eigenvalue weighted by molar-refractivity contribution is -0.137. The number of nitrogens with zero attached hydrogens (tertiary/aromatic N) is 3. The van der Waals surface area contributed by atoms with Gasteiger partial charge in [-0.25, -0.2) is 4.98 Å². The summed E-state index contributed by atoms with van der Waals surface area (Å²) in [6.07, 6.45) is 2.88. The van der Waals surface area contributed by atoms with Gasteiger partial charge in [0.15, 0.2) is 5.13 Å². The fourth-order valence-corrected chi connectivity index (χ4v) is 3.55. The van der Waals surface area contributed by atoms with Gasteiger partial charge in [-0.1, -0.05) is 6.92 Å². The Morgan fingerprint density at radius 2 is 2.25 bits per heavy atom. The molecular formula is C14H22N4OS. The number of carbonyl (C=O) groups excluding carboxylic acids is 1. The molecule has 6 heteroatoms. The number of hydrogen-bond donors (Lipinski definition) is 1. The second-order valence-corrected chi connectivity index (χ2v) is 6.56. The molecule has 3 heterocycles. The summed E-state index contributed by atoms with van der Waals surface area (Å²) >= 11 is 1.68.